The molecule has 1 aliphatic rings. The molecule has 0 amide bonds. The van der Waals surface area contributed by atoms with Crippen LogP contribution in [0.4, 0.5) is 0 Å². The summed E-state index contributed by atoms with van der Waals surface area (Å²) in [6.07, 6.45) is 1.84. The minimum absolute atomic E-state index is 0.0932. The number of aryl methyl sites for hydroxylation is 1. The van der Waals surface area contributed by atoms with E-state index >= 15 is 0 Å². The average molecular weight is 376 g/mol. The van der Waals surface area contributed by atoms with Gasteiger partial charge >= 0.3 is 0 Å². The number of rotatable bonds is 6. The molecule has 0 bridgehead atoms. The molecule has 1 unspecified atom stereocenters. The van der Waals surface area contributed by atoms with Crippen LogP contribution in [-0.4, -0.2) is 54.9 Å². The van der Waals surface area contributed by atoms with E-state index in [1.165, 1.54) is 29.6 Å². The first-order chi connectivity index (χ1) is 11.2. The van der Waals surface area contributed by atoms with Crippen molar-refractivity contribution in [1.29, 1.82) is 0 Å². The molecule has 2 N–H and O–H groups in total. The Morgan fingerprint density at radius 3 is 2.50 bits per heavy atom. The number of nitrogens with zero attached hydrogens (tertiary/aromatic N) is 1. The normalized spacial score (nSPS) is 20.2. The van der Waals surface area contributed by atoms with Crippen molar-refractivity contribution in [3.05, 3.63) is 23.8 Å². The maximum absolute atomic E-state index is 12.9. The Bertz CT molecular complexity index is 789. The van der Waals surface area contributed by atoms with Gasteiger partial charge in [0.2, 0.25) is 20.0 Å². The fourth-order valence-corrected chi connectivity index (χ4v) is 5.63. The molecule has 0 saturated carbocycles. The van der Waals surface area contributed by atoms with Gasteiger partial charge < -0.3 is 5.32 Å². The summed E-state index contributed by atoms with van der Waals surface area (Å²) in [6, 6.07) is 4.15. The van der Waals surface area contributed by atoms with Gasteiger partial charge in [-0.25, -0.2) is 21.6 Å². The van der Waals surface area contributed by atoms with Crippen molar-refractivity contribution in [3.63, 3.8) is 0 Å². The summed E-state index contributed by atoms with van der Waals surface area (Å²) in [5.41, 5.74) is 0.411. The molecule has 1 aliphatic heterocycles. The number of piperidine rings is 1. The van der Waals surface area contributed by atoms with Crippen LogP contribution in [0.2, 0.25) is 0 Å². The highest BCUT2D eigenvalue weighted by molar-refractivity contribution is 7.89. The first kappa shape index (κ1) is 19.3. The van der Waals surface area contributed by atoms with Gasteiger partial charge in [-0.1, -0.05) is 0 Å². The van der Waals surface area contributed by atoms with Crippen LogP contribution in [0, 0.1) is 12.8 Å². The standard InChI is InChI=1S/C15H25N3O4S2/c1-12-9-14(6-7-15(12)23(19,20)17-3)24(21,22)18-8-4-5-13(11-18)10-16-2/h6-7,9,13,16-17H,4-5,8,10-11H2,1-3H3. The number of hydrogen-bond donors (Lipinski definition) is 2. The second-order valence-electron chi connectivity index (χ2n) is 6.06. The van der Waals surface area contributed by atoms with E-state index in [0.717, 1.165) is 19.4 Å². The molecule has 1 saturated heterocycles. The summed E-state index contributed by atoms with van der Waals surface area (Å²) < 4.78 is 53.3. The van der Waals surface area contributed by atoms with Crippen molar-refractivity contribution in [2.24, 2.45) is 5.92 Å². The lowest BCUT2D eigenvalue weighted by Crippen LogP contribution is -2.42. The summed E-state index contributed by atoms with van der Waals surface area (Å²) in [4.78, 5) is 0.232. The van der Waals surface area contributed by atoms with E-state index in [2.05, 4.69) is 10.0 Å². The van der Waals surface area contributed by atoms with Crippen molar-refractivity contribution < 1.29 is 16.8 Å². The Morgan fingerprint density at radius 2 is 1.92 bits per heavy atom. The lowest BCUT2D eigenvalue weighted by molar-refractivity contribution is 0.263. The third-order valence-corrected chi connectivity index (χ3v) is 7.75. The highest BCUT2D eigenvalue weighted by Gasteiger charge is 2.30. The number of hydrogen-bond acceptors (Lipinski definition) is 5. The van der Waals surface area contributed by atoms with Gasteiger partial charge in [0.05, 0.1) is 9.79 Å². The molecule has 1 fully saturated rings. The smallest absolute Gasteiger partial charge is 0.243 e. The molecule has 2 rings (SSSR count). The average Bonchev–Trinajstić information content (AvgIpc) is 2.55. The highest BCUT2D eigenvalue weighted by atomic mass is 32.2. The van der Waals surface area contributed by atoms with Crippen LogP contribution in [0.5, 0.6) is 0 Å². The van der Waals surface area contributed by atoms with Crippen molar-refractivity contribution in [1.82, 2.24) is 14.3 Å². The monoisotopic (exact) mass is 375 g/mol. The van der Waals surface area contributed by atoms with Gasteiger partial charge in [-0.05, 0) is 70.1 Å². The molecule has 0 aliphatic carbocycles. The van der Waals surface area contributed by atoms with E-state index in [1.54, 1.807) is 6.92 Å². The summed E-state index contributed by atoms with van der Waals surface area (Å²) in [5, 5.41) is 3.09. The lowest BCUT2D eigenvalue weighted by atomic mass is 10.00. The molecule has 1 aromatic rings. The van der Waals surface area contributed by atoms with Crippen LogP contribution in [-0.2, 0) is 20.0 Å². The maximum atomic E-state index is 12.9. The predicted octanol–water partition coefficient (Wildman–Crippen LogP) is 0.523. The molecule has 9 heteroatoms. The molecule has 0 aromatic heterocycles. The van der Waals surface area contributed by atoms with E-state index in [1.807, 2.05) is 7.05 Å². The zero-order chi connectivity index (χ0) is 18.0. The van der Waals surface area contributed by atoms with Crippen LogP contribution in [0.3, 0.4) is 0 Å². The van der Waals surface area contributed by atoms with Gasteiger partial charge in [0, 0.05) is 13.1 Å². The number of benzene rings is 1. The largest absolute Gasteiger partial charge is 0.319 e. The van der Waals surface area contributed by atoms with E-state index in [-0.39, 0.29) is 9.79 Å². The summed E-state index contributed by atoms with van der Waals surface area (Å²) in [7, 11) is -4.03. The summed E-state index contributed by atoms with van der Waals surface area (Å²) >= 11 is 0. The Kier molecular flexibility index (Phi) is 6.03. The molecule has 1 aromatic carbocycles. The van der Waals surface area contributed by atoms with E-state index < -0.39 is 20.0 Å². The fraction of sp³-hybridized carbons (Fsp3) is 0.600. The Morgan fingerprint density at radius 1 is 1.21 bits per heavy atom. The van der Waals surface area contributed by atoms with E-state index in [4.69, 9.17) is 0 Å². The minimum atomic E-state index is -3.61. The zero-order valence-corrected chi connectivity index (χ0v) is 15.9. The second-order valence-corrected chi connectivity index (χ2v) is 9.86. The van der Waals surface area contributed by atoms with Crippen molar-refractivity contribution in [2.45, 2.75) is 29.6 Å². The molecule has 1 atom stereocenters. The van der Waals surface area contributed by atoms with Crippen LogP contribution in [0.25, 0.3) is 0 Å². The van der Waals surface area contributed by atoms with Crippen LogP contribution >= 0.6 is 0 Å². The third kappa shape index (κ3) is 3.97. The molecule has 136 valence electrons. The van der Waals surface area contributed by atoms with Gasteiger partial charge in [0.1, 0.15) is 0 Å². The SMILES string of the molecule is CNCC1CCCN(S(=O)(=O)c2ccc(S(=O)(=O)NC)c(C)c2)C1. The van der Waals surface area contributed by atoms with Crippen molar-refractivity contribution in [2.75, 3.05) is 33.7 Å². The first-order valence-corrected chi connectivity index (χ1v) is 10.8. The second kappa shape index (κ2) is 7.49. The van der Waals surface area contributed by atoms with E-state index in [0.29, 0.717) is 24.6 Å². The molecule has 0 spiro atoms. The van der Waals surface area contributed by atoms with Crippen molar-refractivity contribution in [3.8, 4) is 0 Å². The third-order valence-electron chi connectivity index (χ3n) is 4.32. The molecule has 7 nitrogen and oxygen atoms in total. The van der Waals surface area contributed by atoms with Crippen LogP contribution in [0.15, 0.2) is 28.0 Å². The molecular formula is C15H25N3O4S2. The zero-order valence-electron chi connectivity index (χ0n) is 14.2. The van der Waals surface area contributed by atoms with Gasteiger partial charge in [-0.3, -0.25) is 0 Å². The minimum Gasteiger partial charge on any atom is -0.319 e. The predicted molar refractivity (Wildman–Crippen MR) is 92.8 cm³/mol. The summed E-state index contributed by atoms with van der Waals surface area (Å²) in [6.45, 7) is 3.37. The fourth-order valence-electron chi connectivity index (χ4n) is 3.04. The van der Waals surface area contributed by atoms with Crippen LogP contribution in [0.1, 0.15) is 18.4 Å². The van der Waals surface area contributed by atoms with Gasteiger partial charge in [0.25, 0.3) is 0 Å². The highest BCUT2D eigenvalue weighted by Crippen LogP contribution is 2.26. The van der Waals surface area contributed by atoms with Gasteiger partial charge in [-0.15, -0.1) is 0 Å². The summed E-state index contributed by atoms with van der Waals surface area (Å²) in [5.74, 6) is 0.295. The quantitative estimate of drug-likeness (QED) is 0.756. The Labute approximate surface area is 144 Å². The topological polar surface area (TPSA) is 95.6 Å². The van der Waals surface area contributed by atoms with Gasteiger partial charge in [0.15, 0.2) is 0 Å². The van der Waals surface area contributed by atoms with Crippen LogP contribution < -0.4 is 10.0 Å². The first-order valence-electron chi connectivity index (χ1n) is 7.91. The number of nitrogens with one attached hydrogen (secondary N) is 2. The molecule has 24 heavy (non-hydrogen) atoms. The Hall–Kier alpha value is -1.00. The Balaban J connectivity index is 2.31. The number of sulfonamides is 2. The molecule has 0 radical (unpaired) electrons. The lowest BCUT2D eigenvalue weighted by Gasteiger charge is -2.32. The molecule has 1 heterocycles. The molecular weight excluding hydrogens is 350 g/mol. The van der Waals surface area contributed by atoms with Crippen molar-refractivity contribution >= 4 is 20.0 Å². The van der Waals surface area contributed by atoms with Gasteiger partial charge in [-0.2, -0.15) is 4.31 Å². The van der Waals surface area contributed by atoms with E-state index in [9.17, 15) is 16.8 Å². The maximum Gasteiger partial charge on any atom is 0.243 e.